The molecular formula is C12H16N6O3. The Kier molecular flexibility index (Phi) is 2.52. The van der Waals surface area contributed by atoms with Crippen molar-refractivity contribution in [1.29, 1.82) is 0 Å². The Morgan fingerprint density at radius 3 is 2.76 bits per heavy atom. The van der Waals surface area contributed by atoms with E-state index < -0.39 is 24.0 Å². The van der Waals surface area contributed by atoms with Crippen LogP contribution in [-0.2, 0) is 4.74 Å². The fraction of sp³-hybridized carbons (Fsp3) is 0.583. The van der Waals surface area contributed by atoms with Gasteiger partial charge in [-0.15, -0.1) is 0 Å². The van der Waals surface area contributed by atoms with Crippen molar-refractivity contribution in [3.8, 4) is 0 Å². The molecule has 2 unspecified atom stereocenters. The highest BCUT2D eigenvalue weighted by molar-refractivity contribution is 5.81. The lowest BCUT2D eigenvalue weighted by Gasteiger charge is -2.46. The van der Waals surface area contributed by atoms with Crippen molar-refractivity contribution in [3.05, 3.63) is 12.7 Å². The summed E-state index contributed by atoms with van der Waals surface area (Å²) in [4.78, 5) is 12.1. The SMILES string of the molecule is Nc1ncnc2c1ncn2C1O[C@@]2(CC[C@@H]2N)C(O)[C@@H]1O. The number of anilines is 1. The van der Waals surface area contributed by atoms with Gasteiger partial charge in [-0.05, 0) is 12.8 Å². The first-order chi connectivity index (χ1) is 10.0. The van der Waals surface area contributed by atoms with Crippen LogP contribution in [-0.4, -0.2) is 53.6 Å². The third kappa shape index (κ3) is 1.51. The van der Waals surface area contributed by atoms with Crippen molar-refractivity contribution in [2.24, 2.45) is 5.73 Å². The minimum Gasteiger partial charge on any atom is -0.387 e. The zero-order valence-corrected chi connectivity index (χ0v) is 11.1. The van der Waals surface area contributed by atoms with Gasteiger partial charge in [0.2, 0.25) is 0 Å². The van der Waals surface area contributed by atoms with Gasteiger partial charge < -0.3 is 26.4 Å². The Labute approximate surface area is 119 Å². The molecule has 4 rings (SSSR count). The first-order valence-corrected chi connectivity index (χ1v) is 6.77. The topological polar surface area (TPSA) is 145 Å². The van der Waals surface area contributed by atoms with Crippen LogP contribution in [0.25, 0.3) is 11.2 Å². The number of nitrogens with two attached hydrogens (primary N) is 2. The molecule has 5 atom stereocenters. The van der Waals surface area contributed by atoms with E-state index in [4.69, 9.17) is 16.2 Å². The largest absolute Gasteiger partial charge is 0.387 e. The molecule has 1 aliphatic heterocycles. The van der Waals surface area contributed by atoms with Crippen molar-refractivity contribution in [1.82, 2.24) is 19.5 Å². The smallest absolute Gasteiger partial charge is 0.167 e. The van der Waals surface area contributed by atoms with Gasteiger partial charge >= 0.3 is 0 Å². The summed E-state index contributed by atoms with van der Waals surface area (Å²) in [5.41, 5.74) is 11.7. The maximum Gasteiger partial charge on any atom is 0.167 e. The zero-order valence-electron chi connectivity index (χ0n) is 11.1. The highest BCUT2D eigenvalue weighted by atomic mass is 16.6. The summed E-state index contributed by atoms with van der Waals surface area (Å²) in [6.45, 7) is 0. The van der Waals surface area contributed by atoms with E-state index in [2.05, 4.69) is 15.0 Å². The normalized spacial score (nSPS) is 39.0. The number of aliphatic hydroxyl groups excluding tert-OH is 2. The Morgan fingerprint density at radius 2 is 2.14 bits per heavy atom. The van der Waals surface area contributed by atoms with E-state index in [0.29, 0.717) is 17.6 Å². The molecule has 2 aliphatic rings. The Morgan fingerprint density at radius 1 is 1.33 bits per heavy atom. The number of aliphatic hydroxyl groups is 2. The Bertz CT molecular complexity index is 705. The van der Waals surface area contributed by atoms with Crippen LogP contribution in [0.1, 0.15) is 19.1 Å². The third-order valence-corrected chi connectivity index (χ3v) is 4.59. The molecule has 0 aromatic carbocycles. The van der Waals surface area contributed by atoms with Gasteiger partial charge in [-0.1, -0.05) is 0 Å². The lowest BCUT2D eigenvalue weighted by atomic mass is 9.71. The van der Waals surface area contributed by atoms with E-state index in [1.165, 1.54) is 12.7 Å². The van der Waals surface area contributed by atoms with Crippen molar-refractivity contribution in [3.63, 3.8) is 0 Å². The number of ether oxygens (including phenoxy) is 1. The number of hydrogen-bond acceptors (Lipinski definition) is 8. The van der Waals surface area contributed by atoms with Crippen LogP contribution in [0, 0.1) is 0 Å². The number of nitrogen functional groups attached to an aromatic ring is 1. The summed E-state index contributed by atoms with van der Waals surface area (Å²) in [5.74, 6) is 0.252. The van der Waals surface area contributed by atoms with Gasteiger partial charge in [-0.25, -0.2) is 15.0 Å². The maximum atomic E-state index is 10.3. The molecule has 9 nitrogen and oxygen atoms in total. The summed E-state index contributed by atoms with van der Waals surface area (Å²) in [6, 6.07) is -0.290. The van der Waals surface area contributed by atoms with E-state index in [-0.39, 0.29) is 11.9 Å². The molecule has 0 bridgehead atoms. The summed E-state index contributed by atoms with van der Waals surface area (Å²) >= 11 is 0. The second kappa shape index (κ2) is 4.10. The predicted molar refractivity (Wildman–Crippen MR) is 71.8 cm³/mol. The van der Waals surface area contributed by atoms with E-state index in [0.717, 1.165) is 6.42 Å². The summed E-state index contributed by atoms with van der Waals surface area (Å²) in [5, 5.41) is 20.6. The summed E-state index contributed by atoms with van der Waals surface area (Å²) in [6.07, 6.45) is 1.22. The first-order valence-electron chi connectivity index (χ1n) is 6.77. The third-order valence-electron chi connectivity index (χ3n) is 4.59. The molecule has 9 heteroatoms. The molecule has 0 amide bonds. The molecule has 112 valence electrons. The summed E-state index contributed by atoms with van der Waals surface area (Å²) in [7, 11) is 0. The van der Waals surface area contributed by atoms with Gasteiger partial charge in [-0.3, -0.25) is 4.57 Å². The molecule has 1 saturated heterocycles. The van der Waals surface area contributed by atoms with Crippen molar-refractivity contribution in [2.45, 2.75) is 42.9 Å². The molecule has 21 heavy (non-hydrogen) atoms. The summed E-state index contributed by atoms with van der Waals surface area (Å²) < 4.78 is 7.47. The van der Waals surface area contributed by atoms with Gasteiger partial charge in [0.1, 0.15) is 29.7 Å². The second-order valence-corrected chi connectivity index (χ2v) is 5.63. The quantitative estimate of drug-likeness (QED) is 0.498. The zero-order chi connectivity index (χ0) is 14.8. The van der Waals surface area contributed by atoms with Gasteiger partial charge in [0.15, 0.2) is 17.7 Å². The van der Waals surface area contributed by atoms with Crippen molar-refractivity contribution >= 4 is 17.0 Å². The number of nitrogens with zero attached hydrogens (tertiary/aromatic N) is 4. The number of hydrogen-bond donors (Lipinski definition) is 4. The molecule has 2 aromatic heterocycles. The average molecular weight is 292 g/mol. The molecule has 1 aliphatic carbocycles. The van der Waals surface area contributed by atoms with Crippen LogP contribution in [0.4, 0.5) is 5.82 Å². The van der Waals surface area contributed by atoms with Crippen LogP contribution < -0.4 is 11.5 Å². The number of aromatic nitrogens is 4. The van der Waals surface area contributed by atoms with Crippen molar-refractivity contribution < 1.29 is 14.9 Å². The standard InChI is InChI=1S/C12H16N6O3/c13-5-1-2-12(5)8(20)7(19)11(21-12)18-4-17-6-9(14)15-3-16-10(6)18/h3-5,7-8,11,19-20H,1-2,13H2,(H2,14,15,16)/t5-,7-,8?,11?,12+/m0/s1. The maximum absolute atomic E-state index is 10.3. The fourth-order valence-corrected chi connectivity index (χ4v) is 3.20. The van der Waals surface area contributed by atoms with E-state index >= 15 is 0 Å². The minimum absolute atomic E-state index is 0.252. The predicted octanol–water partition coefficient (Wildman–Crippen LogP) is -1.48. The number of rotatable bonds is 1. The van der Waals surface area contributed by atoms with Gasteiger partial charge in [0.05, 0.1) is 6.33 Å². The molecule has 1 saturated carbocycles. The number of fused-ring (bicyclic) bond motifs is 1. The molecule has 3 heterocycles. The molecule has 0 radical (unpaired) electrons. The van der Waals surface area contributed by atoms with Gasteiger partial charge in [0.25, 0.3) is 0 Å². The van der Waals surface area contributed by atoms with Crippen molar-refractivity contribution in [2.75, 3.05) is 5.73 Å². The van der Waals surface area contributed by atoms with Gasteiger partial charge in [-0.2, -0.15) is 0 Å². The van der Waals surface area contributed by atoms with Crippen LogP contribution in [0.3, 0.4) is 0 Å². The highest BCUT2D eigenvalue weighted by Crippen LogP contribution is 2.48. The van der Waals surface area contributed by atoms with E-state index in [1.54, 1.807) is 4.57 Å². The lowest BCUT2D eigenvalue weighted by Crippen LogP contribution is -2.63. The van der Waals surface area contributed by atoms with Crippen LogP contribution in [0.5, 0.6) is 0 Å². The first kappa shape index (κ1) is 12.9. The molecular weight excluding hydrogens is 276 g/mol. The van der Waals surface area contributed by atoms with E-state index in [1.807, 2.05) is 0 Å². The Hall–Kier alpha value is -1.81. The fourth-order valence-electron chi connectivity index (χ4n) is 3.20. The molecule has 6 N–H and O–H groups in total. The van der Waals surface area contributed by atoms with Crippen LogP contribution in [0.15, 0.2) is 12.7 Å². The van der Waals surface area contributed by atoms with Gasteiger partial charge in [0, 0.05) is 6.04 Å². The Balaban J connectivity index is 1.78. The second-order valence-electron chi connectivity index (χ2n) is 5.63. The monoisotopic (exact) mass is 292 g/mol. The number of imidazole rings is 1. The lowest BCUT2D eigenvalue weighted by molar-refractivity contribution is -0.158. The molecule has 2 fully saturated rings. The highest BCUT2D eigenvalue weighted by Gasteiger charge is 2.62. The molecule has 1 spiro atoms. The van der Waals surface area contributed by atoms with E-state index in [9.17, 15) is 10.2 Å². The average Bonchev–Trinajstić information content (AvgIpc) is 3.01. The van der Waals surface area contributed by atoms with Crippen LogP contribution in [0.2, 0.25) is 0 Å². The van der Waals surface area contributed by atoms with Crippen LogP contribution >= 0.6 is 0 Å². The molecule has 2 aromatic rings. The minimum atomic E-state index is -1.11.